The van der Waals surface area contributed by atoms with Gasteiger partial charge in [-0.3, -0.25) is 4.79 Å². The Labute approximate surface area is 111 Å². The lowest BCUT2D eigenvalue weighted by Gasteiger charge is -2.33. The highest BCUT2D eigenvalue weighted by atomic mass is 16.5. The molecule has 1 rings (SSSR count). The Hall–Kier alpha value is -0.610. The highest BCUT2D eigenvalue weighted by Crippen LogP contribution is 2.25. The van der Waals surface area contributed by atoms with Gasteiger partial charge >= 0.3 is 0 Å². The number of nitrogens with one attached hydrogen (secondary N) is 1. The Bertz CT molecular complexity index is 281. The van der Waals surface area contributed by atoms with Crippen LogP contribution < -0.4 is 11.1 Å². The fraction of sp³-hybridized carbons (Fsp3) is 0.929. The molecular formula is C14H28N2O2. The summed E-state index contributed by atoms with van der Waals surface area (Å²) in [5, 5.41) is 3.14. The molecule has 18 heavy (non-hydrogen) atoms. The smallest absolute Gasteiger partial charge is 0.226 e. The zero-order valence-corrected chi connectivity index (χ0v) is 12.2. The molecule has 0 spiro atoms. The van der Waals surface area contributed by atoms with E-state index in [1.165, 1.54) is 0 Å². The van der Waals surface area contributed by atoms with Gasteiger partial charge in [0.1, 0.15) is 0 Å². The van der Waals surface area contributed by atoms with Crippen LogP contribution in [0.15, 0.2) is 0 Å². The molecule has 0 aromatic rings. The van der Waals surface area contributed by atoms with Crippen LogP contribution in [-0.4, -0.2) is 30.7 Å². The molecule has 4 nitrogen and oxygen atoms in total. The SMILES string of the molecule is CCC1OCCC1C(=O)NC(C)(CN)CC(C)C. The molecule has 0 aromatic carbocycles. The Kier molecular flexibility index (Phi) is 5.60. The summed E-state index contributed by atoms with van der Waals surface area (Å²) in [4.78, 5) is 12.3. The summed E-state index contributed by atoms with van der Waals surface area (Å²) >= 11 is 0. The molecule has 0 aromatic heterocycles. The standard InChI is InChI=1S/C14H28N2O2/c1-5-12-11(6-7-18-12)13(17)16-14(4,9-15)8-10(2)3/h10-12H,5-9,15H2,1-4H3,(H,16,17). The van der Waals surface area contributed by atoms with Crippen molar-refractivity contribution in [2.45, 2.75) is 58.6 Å². The Morgan fingerprint density at radius 3 is 2.72 bits per heavy atom. The Morgan fingerprint density at radius 2 is 2.22 bits per heavy atom. The van der Waals surface area contributed by atoms with Crippen LogP contribution in [0.25, 0.3) is 0 Å². The number of hydrogen-bond acceptors (Lipinski definition) is 3. The lowest BCUT2D eigenvalue weighted by molar-refractivity contribution is -0.128. The first kappa shape index (κ1) is 15.4. The number of amides is 1. The van der Waals surface area contributed by atoms with Crippen LogP contribution in [0.3, 0.4) is 0 Å². The average molecular weight is 256 g/mol. The molecule has 0 radical (unpaired) electrons. The van der Waals surface area contributed by atoms with Crippen molar-refractivity contribution in [3.8, 4) is 0 Å². The molecule has 1 amide bonds. The minimum atomic E-state index is -0.299. The first-order chi connectivity index (χ1) is 8.41. The predicted molar refractivity (Wildman–Crippen MR) is 73.2 cm³/mol. The molecule has 1 aliphatic rings. The van der Waals surface area contributed by atoms with Crippen LogP contribution in [-0.2, 0) is 9.53 Å². The van der Waals surface area contributed by atoms with Crippen molar-refractivity contribution in [3.63, 3.8) is 0 Å². The highest BCUT2D eigenvalue weighted by Gasteiger charge is 2.36. The van der Waals surface area contributed by atoms with E-state index in [1.54, 1.807) is 0 Å². The van der Waals surface area contributed by atoms with E-state index < -0.39 is 0 Å². The van der Waals surface area contributed by atoms with Gasteiger partial charge in [0, 0.05) is 18.7 Å². The number of rotatable bonds is 6. The number of carbonyl (C=O) groups excluding carboxylic acids is 1. The van der Waals surface area contributed by atoms with Crippen LogP contribution in [0.2, 0.25) is 0 Å². The normalized spacial score (nSPS) is 27.2. The van der Waals surface area contributed by atoms with E-state index in [1.807, 2.05) is 6.92 Å². The summed E-state index contributed by atoms with van der Waals surface area (Å²) < 4.78 is 5.57. The first-order valence-electron chi connectivity index (χ1n) is 7.05. The van der Waals surface area contributed by atoms with Crippen molar-refractivity contribution in [2.24, 2.45) is 17.6 Å². The fourth-order valence-corrected chi connectivity index (χ4v) is 2.83. The molecular weight excluding hydrogens is 228 g/mol. The molecule has 3 atom stereocenters. The van der Waals surface area contributed by atoms with Gasteiger partial charge in [-0.05, 0) is 32.1 Å². The second-order valence-electron chi connectivity index (χ2n) is 6.06. The van der Waals surface area contributed by atoms with Gasteiger partial charge in [0.05, 0.1) is 12.0 Å². The van der Waals surface area contributed by atoms with Crippen molar-refractivity contribution < 1.29 is 9.53 Å². The minimum absolute atomic E-state index is 0.00645. The van der Waals surface area contributed by atoms with Gasteiger partial charge < -0.3 is 15.8 Å². The van der Waals surface area contributed by atoms with Crippen molar-refractivity contribution in [3.05, 3.63) is 0 Å². The summed E-state index contributed by atoms with van der Waals surface area (Å²) in [6.07, 6.45) is 2.69. The second-order valence-corrected chi connectivity index (χ2v) is 6.06. The summed E-state index contributed by atoms with van der Waals surface area (Å²) in [7, 11) is 0. The number of nitrogens with two attached hydrogens (primary N) is 1. The van der Waals surface area contributed by atoms with Gasteiger partial charge in [0.15, 0.2) is 0 Å². The molecule has 1 aliphatic heterocycles. The van der Waals surface area contributed by atoms with E-state index in [0.717, 1.165) is 19.3 Å². The number of carbonyl (C=O) groups is 1. The van der Waals surface area contributed by atoms with Gasteiger partial charge in [-0.2, -0.15) is 0 Å². The quantitative estimate of drug-likeness (QED) is 0.760. The molecule has 3 unspecified atom stereocenters. The van der Waals surface area contributed by atoms with Crippen LogP contribution >= 0.6 is 0 Å². The topological polar surface area (TPSA) is 64.3 Å². The largest absolute Gasteiger partial charge is 0.377 e. The van der Waals surface area contributed by atoms with E-state index in [2.05, 4.69) is 26.1 Å². The summed E-state index contributed by atoms with van der Waals surface area (Å²) in [5.41, 5.74) is 5.52. The van der Waals surface area contributed by atoms with E-state index in [4.69, 9.17) is 10.5 Å². The van der Waals surface area contributed by atoms with Gasteiger partial charge in [-0.15, -0.1) is 0 Å². The Balaban J connectivity index is 2.61. The summed E-state index contributed by atoms with van der Waals surface area (Å²) in [6.45, 7) is 9.55. The lowest BCUT2D eigenvalue weighted by atomic mass is 9.89. The number of hydrogen-bond donors (Lipinski definition) is 2. The molecule has 1 heterocycles. The van der Waals surface area contributed by atoms with E-state index >= 15 is 0 Å². The molecule has 3 N–H and O–H groups in total. The average Bonchev–Trinajstić information content (AvgIpc) is 2.75. The molecule has 106 valence electrons. The van der Waals surface area contributed by atoms with Crippen molar-refractivity contribution in [1.82, 2.24) is 5.32 Å². The predicted octanol–water partition coefficient (Wildman–Crippen LogP) is 1.68. The van der Waals surface area contributed by atoms with Gasteiger partial charge in [0.25, 0.3) is 0 Å². The maximum Gasteiger partial charge on any atom is 0.226 e. The summed E-state index contributed by atoms with van der Waals surface area (Å²) in [6, 6.07) is 0. The van der Waals surface area contributed by atoms with Crippen LogP contribution in [0.5, 0.6) is 0 Å². The highest BCUT2D eigenvalue weighted by molar-refractivity contribution is 5.80. The third-order valence-electron chi connectivity index (χ3n) is 3.68. The van der Waals surface area contributed by atoms with E-state index in [9.17, 15) is 4.79 Å². The molecule has 1 saturated heterocycles. The minimum Gasteiger partial charge on any atom is -0.377 e. The zero-order chi connectivity index (χ0) is 13.8. The van der Waals surface area contributed by atoms with Crippen LogP contribution in [0, 0.1) is 11.8 Å². The van der Waals surface area contributed by atoms with Crippen molar-refractivity contribution in [1.29, 1.82) is 0 Å². The monoisotopic (exact) mass is 256 g/mol. The third-order valence-corrected chi connectivity index (χ3v) is 3.68. The zero-order valence-electron chi connectivity index (χ0n) is 12.2. The van der Waals surface area contributed by atoms with Crippen molar-refractivity contribution >= 4 is 5.91 Å². The maximum absolute atomic E-state index is 12.3. The van der Waals surface area contributed by atoms with Gasteiger partial charge in [-0.25, -0.2) is 0 Å². The lowest BCUT2D eigenvalue weighted by Crippen LogP contribution is -2.54. The van der Waals surface area contributed by atoms with E-state index in [-0.39, 0.29) is 23.5 Å². The van der Waals surface area contributed by atoms with Crippen LogP contribution in [0.4, 0.5) is 0 Å². The first-order valence-corrected chi connectivity index (χ1v) is 7.05. The van der Waals surface area contributed by atoms with Crippen LogP contribution in [0.1, 0.15) is 47.0 Å². The molecule has 4 heteroatoms. The van der Waals surface area contributed by atoms with E-state index in [0.29, 0.717) is 19.1 Å². The molecule has 0 saturated carbocycles. The number of ether oxygens (including phenoxy) is 1. The van der Waals surface area contributed by atoms with Gasteiger partial charge in [0.2, 0.25) is 5.91 Å². The fourth-order valence-electron chi connectivity index (χ4n) is 2.83. The molecule has 0 aliphatic carbocycles. The van der Waals surface area contributed by atoms with Gasteiger partial charge in [-0.1, -0.05) is 20.8 Å². The third kappa shape index (κ3) is 3.95. The Morgan fingerprint density at radius 1 is 1.56 bits per heavy atom. The maximum atomic E-state index is 12.3. The molecule has 1 fully saturated rings. The second kappa shape index (κ2) is 6.53. The summed E-state index contributed by atoms with van der Waals surface area (Å²) in [5.74, 6) is 0.613. The van der Waals surface area contributed by atoms with Crippen molar-refractivity contribution in [2.75, 3.05) is 13.2 Å². The molecule has 0 bridgehead atoms.